The van der Waals surface area contributed by atoms with Crippen molar-refractivity contribution in [2.24, 2.45) is 4.99 Å². The Labute approximate surface area is 97.1 Å². The number of halogens is 2. The summed E-state index contributed by atoms with van der Waals surface area (Å²) in [5.74, 6) is -0.148. The number of nitrogens with one attached hydrogen (secondary N) is 1. The molecule has 0 unspecified atom stereocenters. The third kappa shape index (κ3) is 2.30. The van der Waals surface area contributed by atoms with Gasteiger partial charge in [0.25, 0.3) is 0 Å². The minimum Gasteiger partial charge on any atom is -0.324 e. The van der Waals surface area contributed by atoms with Gasteiger partial charge in [-0.1, -0.05) is 35.3 Å². The summed E-state index contributed by atoms with van der Waals surface area (Å²) in [6, 6.07) is 7.27. The van der Waals surface area contributed by atoms with Crippen molar-refractivity contribution >= 4 is 46.2 Å². The Morgan fingerprint density at radius 1 is 1.33 bits per heavy atom. The average molecular weight is 243 g/mol. The Morgan fingerprint density at radius 2 is 2.07 bits per heavy atom. The normalized spacial score (nSPS) is 15.4. The van der Waals surface area contributed by atoms with Gasteiger partial charge in [0.15, 0.2) is 0 Å². The van der Waals surface area contributed by atoms with E-state index in [9.17, 15) is 4.79 Å². The fourth-order valence-electron chi connectivity index (χ4n) is 1.36. The number of hydrogen-bond acceptors (Lipinski definition) is 2. The second kappa shape index (κ2) is 4.21. The van der Waals surface area contributed by atoms with Crippen molar-refractivity contribution in [3.05, 3.63) is 24.3 Å². The highest BCUT2D eigenvalue weighted by molar-refractivity contribution is 6.55. The number of anilines is 1. The van der Waals surface area contributed by atoms with Crippen LogP contribution in [0.5, 0.6) is 0 Å². The molecule has 0 fully saturated rings. The van der Waals surface area contributed by atoms with E-state index in [0.717, 1.165) is 0 Å². The first-order valence-electron chi connectivity index (χ1n) is 4.41. The summed E-state index contributed by atoms with van der Waals surface area (Å²) in [4.78, 5) is 15.0. The van der Waals surface area contributed by atoms with E-state index >= 15 is 0 Å². The molecule has 0 bridgehead atoms. The summed E-state index contributed by atoms with van der Waals surface area (Å²) < 4.78 is 0. The van der Waals surface area contributed by atoms with Crippen LogP contribution in [-0.2, 0) is 4.79 Å². The minimum atomic E-state index is -0.748. The van der Waals surface area contributed by atoms with Crippen molar-refractivity contribution in [2.75, 3.05) is 5.32 Å². The van der Waals surface area contributed by atoms with Crippen molar-refractivity contribution in [1.29, 1.82) is 0 Å². The lowest BCUT2D eigenvalue weighted by Gasteiger charge is -2.02. The molecule has 1 amide bonds. The van der Waals surface area contributed by atoms with Crippen molar-refractivity contribution in [2.45, 2.75) is 11.3 Å². The molecule has 0 aromatic heterocycles. The summed E-state index contributed by atoms with van der Waals surface area (Å²) in [6.07, 6.45) is 0.131. The first-order valence-corrected chi connectivity index (χ1v) is 5.28. The number of rotatable bonds is 1. The molecule has 0 saturated heterocycles. The van der Waals surface area contributed by atoms with E-state index in [-0.39, 0.29) is 12.3 Å². The molecule has 0 aliphatic carbocycles. The van der Waals surface area contributed by atoms with E-state index in [4.69, 9.17) is 23.2 Å². The second-order valence-corrected chi connectivity index (χ2v) is 4.24. The van der Waals surface area contributed by atoms with E-state index in [1.54, 1.807) is 12.1 Å². The summed E-state index contributed by atoms with van der Waals surface area (Å²) in [6.45, 7) is 0. The van der Waals surface area contributed by atoms with Crippen LogP contribution < -0.4 is 5.32 Å². The van der Waals surface area contributed by atoms with Crippen LogP contribution in [0.15, 0.2) is 29.3 Å². The maximum atomic E-state index is 11.5. The molecular weight excluding hydrogens is 235 g/mol. The lowest BCUT2D eigenvalue weighted by Crippen LogP contribution is -2.17. The minimum absolute atomic E-state index is 0.131. The molecule has 0 radical (unpaired) electrons. The topological polar surface area (TPSA) is 41.5 Å². The van der Waals surface area contributed by atoms with Crippen LogP contribution in [0.1, 0.15) is 6.42 Å². The lowest BCUT2D eigenvalue weighted by atomic mass is 10.3. The van der Waals surface area contributed by atoms with E-state index < -0.39 is 4.84 Å². The number of carbonyl (C=O) groups excluding carboxylic acids is 1. The fourth-order valence-corrected chi connectivity index (χ4v) is 1.61. The predicted molar refractivity (Wildman–Crippen MR) is 62.3 cm³/mol. The van der Waals surface area contributed by atoms with Crippen molar-refractivity contribution in [1.82, 2.24) is 0 Å². The van der Waals surface area contributed by atoms with E-state index in [1.165, 1.54) is 0 Å². The van der Waals surface area contributed by atoms with E-state index in [2.05, 4.69) is 10.3 Å². The number of amides is 1. The van der Waals surface area contributed by atoms with E-state index in [0.29, 0.717) is 17.1 Å². The number of benzene rings is 1. The smallest absolute Gasteiger partial charge is 0.230 e. The third-order valence-electron chi connectivity index (χ3n) is 2.04. The predicted octanol–water partition coefficient (Wildman–Crippen LogP) is 2.91. The van der Waals surface area contributed by atoms with Crippen molar-refractivity contribution < 1.29 is 4.79 Å². The number of aliphatic imine (C=N–C) groups is 1. The number of hydrogen-bond donors (Lipinski definition) is 1. The van der Waals surface area contributed by atoms with Gasteiger partial charge in [-0.15, -0.1) is 0 Å². The molecule has 1 aliphatic rings. The Balaban J connectivity index is 2.47. The number of nitrogens with zero attached hydrogens (tertiary/aromatic N) is 1. The van der Waals surface area contributed by atoms with Gasteiger partial charge in [0, 0.05) is 0 Å². The zero-order valence-corrected chi connectivity index (χ0v) is 9.22. The average Bonchev–Trinajstić information content (AvgIpc) is 2.35. The van der Waals surface area contributed by atoms with Crippen LogP contribution in [0.2, 0.25) is 0 Å². The molecule has 1 aromatic carbocycles. The van der Waals surface area contributed by atoms with Crippen LogP contribution in [0.4, 0.5) is 11.4 Å². The second-order valence-electron chi connectivity index (χ2n) is 3.15. The van der Waals surface area contributed by atoms with Crippen molar-refractivity contribution in [3.63, 3.8) is 0 Å². The fraction of sp³-hybridized carbons (Fsp3) is 0.200. The van der Waals surface area contributed by atoms with Gasteiger partial charge < -0.3 is 5.32 Å². The summed E-state index contributed by atoms with van der Waals surface area (Å²) >= 11 is 11.4. The highest BCUT2D eigenvalue weighted by Crippen LogP contribution is 2.28. The molecule has 0 spiro atoms. The molecule has 1 aromatic rings. The Bertz CT molecular complexity index is 429. The largest absolute Gasteiger partial charge is 0.324 e. The molecular formula is C10H8Cl2N2O. The quantitative estimate of drug-likeness (QED) is 0.757. The van der Waals surface area contributed by atoms with Crippen LogP contribution in [0, 0.1) is 0 Å². The highest BCUT2D eigenvalue weighted by Gasteiger charge is 2.19. The molecule has 1 heterocycles. The Morgan fingerprint density at radius 3 is 2.80 bits per heavy atom. The maximum Gasteiger partial charge on any atom is 0.230 e. The number of fused-ring (bicyclic) bond motifs is 1. The zero-order chi connectivity index (χ0) is 10.8. The first-order chi connectivity index (χ1) is 7.16. The summed E-state index contributed by atoms with van der Waals surface area (Å²) in [5.41, 5.74) is 1.84. The summed E-state index contributed by atoms with van der Waals surface area (Å²) in [7, 11) is 0. The SMILES string of the molecule is O=C1CC(C(Cl)Cl)=Nc2ccccc2N1. The molecule has 0 saturated carbocycles. The third-order valence-corrected chi connectivity index (χ3v) is 2.54. The molecule has 2 rings (SSSR count). The molecule has 1 aliphatic heterocycles. The van der Waals surface area contributed by atoms with Gasteiger partial charge >= 0.3 is 0 Å². The zero-order valence-electron chi connectivity index (χ0n) is 7.71. The Hall–Kier alpha value is -1.06. The number of alkyl halides is 2. The van der Waals surface area contributed by atoms with Crippen LogP contribution in [0.3, 0.4) is 0 Å². The number of para-hydroxylation sites is 2. The van der Waals surface area contributed by atoms with Gasteiger partial charge in [-0.2, -0.15) is 0 Å². The van der Waals surface area contributed by atoms with Crippen molar-refractivity contribution in [3.8, 4) is 0 Å². The molecule has 1 N–H and O–H groups in total. The van der Waals surface area contributed by atoms with Gasteiger partial charge in [0.2, 0.25) is 5.91 Å². The number of carbonyl (C=O) groups is 1. The Kier molecular flexibility index (Phi) is 2.93. The van der Waals surface area contributed by atoms with Gasteiger partial charge in [-0.25, -0.2) is 0 Å². The summed E-state index contributed by atoms with van der Waals surface area (Å²) in [5, 5.41) is 2.74. The molecule has 15 heavy (non-hydrogen) atoms. The molecule has 78 valence electrons. The first kappa shape index (κ1) is 10.5. The van der Waals surface area contributed by atoms with Crippen LogP contribution in [-0.4, -0.2) is 16.5 Å². The van der Waals surface area contributed by atoms with Gasteiger partial charge in [-0.3, -0.25) is 9.79 Å². The molecule has 0 atom stereocenters. The van der Waals surface area contributed by atoms with Gasteiger partial charge in [-0.05, 0) is 12.1 Å². The monoisotopic (exact) mass is 242 g/mol. The molecule has 5 heteroatoms. The van der Waals surface area contributed by atoms with Gasteiger partial charge in [0.05, 0.1) is 23.5 Å². The van der Waals surface area contributed by atoms with Crippen LogP contribution >= 0.6 is 23.2 Å². The van der Waals surface area contributed by atoms with Crippen LogP contribution in [0.25, 0.3) is 0 Å². The highest BCUT2D eigenvalue weighted by atomic mass is 35.5. The van der Waals surface area contributed by atoms with Gasteiger partial charge in [0.1, 0.15) is 4.84 Å². The maximum absolute atomic E-state index is 11.5. The lowest BCUT2D eigenvalue weighted by molar-refractivity contribution is -0.115. The van der Waals surface area contributed by atoms with E-state index in [1.807, 2.05) is 12.1 Å². The standard InChI is InChI=1S/C10H8Cl2N2O/c11-10(12)8-5-9(15)14-7-4-2-1-3-6(7)13-8/h1-4,10H,5H2,(H,14,15). The molecule has 3 nitrogen and oxygen atoms in total.